The van der Waals surface area contributed by atoms with Gasteiger partial charge in [-0.25, -0.2) is 8.42 Å². The molecule has 1 fully saturated rings. The molecular weight excluding hydrogens is 342 g/mol. The summed E-state index contributed by atoms with van der Waals surface area (Å²) in [4.78, 5) is 14.4. The predicted molar refractivity (Wildman–Crippen MR) is 92.0 cm³/mol. The van der Waals surface area contributed by atoms with Gasteiger partial charge in [0.2, 0.25) is 0 Å². The summed E-state index contributed by atoms with van der Waals surface area (Å²) in [6.07, 6.45) is 1.07. The van der Waals surface area contributed by atoms with Crippen molar-refractivity contribution in [2.75, 3.05) is 19.3 Å². The van der Waals surface area contributed by atoms with E-state index in [1.165, 1.54) is 12.1 Å². The number of β-amino-alcohol motifs (C(OH)–C–C–N with tert-alkyl or cyclic N) is 1. The van der Waals surface area contributed by atoms with Crippen LogP contribution in [-0.2, 0) is 16.3 Å². The van der Waals surface area contributed by atoms with Crippen molar-refractivity contribution < 1.29 is 18.3 Å². The highest BCUT2D eigenvalue weighted by molar-refractivity contribution is 7.90. The van der Waals surface area contributed by atoms with Gasteiger partial charge in [0, 0.05) is 36.5 Å². The molecule has 25 heavy (non-hydrogen) atoms. The first-order chi connectivity index (χ1) is 11.7. The van der Waals surface area contributed by atoms with Crippen LogP contribution in [0.3, 0.4) is 0 Å². The van der Waals surface area contributed by atoms with Crippen molar-refractivity contribution >= 4 is 15.7 Å². The third kappa shape index (κ3) is 3.91. The van der Waals surface area contributed by atoms with Gasteiger partial charge in [-0.05, 0) is 37.6 Å². The van der Waals surface area contributed by atoms with Crippen LogP contribution in [0.15, 0.2) is 35.2 Å². The van der Waals surface area contributed by atoms with Gasteiger partial charge in [0.15, 0.2) is 9.84 Å². The van der Waals surface area contributed by atoms with Crippen molar-refractivity contribution in [3.63, 3.8) is 0 Å². The number of aromatic amines is 1. The van der Waals surface area contributed by atoms with Crippen LogP contribution >= 0.6 is 0 Å². The van der Waals surface area contributed by atoms with Gasteiger partial charge in [0.1, 0.15) is 0 Å². The molecule has 2 heterocycles. The highest BCUT2D eigenvalue weighted by Gasteiger charge is 2.35. The lowest BCUT2D eigenvalue weighted by atomic mass is 10.0. The summed E-state index contributed by atoms with van der Waals surface area (Å²) in [6.45, 7) is 2.55. The molecule has 1 aromatic heterocycles. The van der Waals surface area contributed by atoms with Gasteiger partial charge in [0.25, 0.3) is 5.91 Å². The Kier molecular flexibility index (Phi) is 4.66. The Morgan fingerprint density at radius 1 is 1.36 bits per heavy atom. The Balaban J connectivity index is 1.73. The van der Waals surface area contributed by atoms with E-state index in [4.69, 9.17) is 0 Å². The lowest BCUT2D eigenvalue weighted by Crippen LogP contribution is -2.29. The molecule has 1 saturated heterocycles. The van der Waals surface area contributed by atoms with Crippen LogP contribution in [-0.4, -0.2) is 60.0 Å². The summed E-state index contributed by atoms with van der Waals surface area (Å²) in [7, 11) is -3.37. The van der Waals surface area contributed by atoms with Gasteiger partial charge >= 0.3 is 0 Å². The number of hydrogen-bond acceptors (Lipinski definition) is 5. The summed E-state index contributed by atoms with van der Waals surface area (Å²) in [5.41, 5.74) is 2.12. The van der Waals surface area contributed by atoms with Gasteiger partial charge in [-0.3, -0.25) is 9.89 Å². The second-order valence-electron chi connectivity index (χ2n) is 6.58. The summed E-state index contributed by atoms with van der Waals surface area (Å²) in [5, 5.41) is 17.3. The quantitative estimate of drug-likeness (QED) is 0.836. The molecule has 1 amide bonds. The molecule has 1 aromatic carbocycles. The van der Waals surface area contributed by atoms with E-state index in [0.29, 0.717) is 18.5 Å². The van der Waals surface area contributed by atoms with Gasteiger partial charge in [-0.15, -0.1) is 0 Å². The Labute approximate surface area is 146 Å². The van der Waals surface area contributed by atoms with E-state index in [9.17, 15) is 18.3 Å². The van der Waals surface area contributed by atoms with Crippen LogP contribution in [0.2, 0.25) is 0 Å². The van der Waals surface area contributed by atoms with E-state index in [2.05, 4.69) is 10.2 Å². The first kappa shape index (κ1) is 17.6. The molecule has 0 bridgehead atoms. The Morgan fingerprint density at radius 2 is 2.12 bits per heavy atom. The number of aryl methyl sites for hydroxylation is 1. The maximum Gasteiger partial charge on any atom is 0.253 e. The zero-order chi connectivity index (χ0) is 18.2. The first-order valence-corrected chi connectivity index (χ1v) is 9.91. The van der Waals surface area contributed by atoms with E-state index < -0.39 is 15.9 Å². The molecule has 7 nitrogen and oxygen atoms in total. The van der Waals surface area contributed by atoms with Crippen LogP contribution in [0.25, 0.3) is 0 Å². The molecule has 2 aromatic rings. The Hall–Kier alpha value is -2.19. The number of aliphatic hydroxyl groups excluding tert-OH is 1. The van der Waals surface area contributed by atoms with E-state index in [0.717, 1.165) is 17.6 Å². The maximum atomic E-state index is 12.7. The van der Waals surface area contributed by atoms with Gasteiger partial charge in [0.05, 0.1) is 16.7 Å². The molecule has 8 heteroatoms. The molecule has 0 radical (unpaired) electrons. The maximum absolute atomic E-state index is 12.7. The van der Waals surface area contributed by atoms with Crippen LogP contribution in [0.5, 0.6) is 0 Å². The van der Waals surface area contributed by atoms with E-state index in [1.807, 2.05) is 13.0 Å². The Bertz CT molecular complexity index is 891. The number of nitrogens with zero attached hydrogens (tertiary/aromatic N) is 2. The molecule has 0 spiro atoms. The number of sulfone groups is 1. The summed E-state index contributed by atoms with van der Waals surface area (Å²) >= 11 is 0. The van der Waals surface area contributed by atoms with Crippen molar-refractivity contribution in [1.82, 2.24) is 15.1 Å². The third-order valence-electron chi connectivity index (χ3n) is 4.43. The number of aromatic nitrogens is 2. The van der Waals surface area contributed by atoms with Gasteiger partial charge in [-0.1, -0.05) is 6.07 Å². The average molecular weight is 363 g/mol. The monoisotopic (exact) mass is 363 g/mol. The molecule has 0 saturated carbocycles. The standard InChI is InChI=1S/C17H21N3O4S/c1-11-6-14(19-18-11)7-13-9-20(10-16(13)21)17(22)12-4-3-5-15(8-12)25(2,23)24/h3-6,8,13,16,21H,7,9-10H2,1-2H3,(H,18,19)/t13-,16-/m1/s1. The second-order valence-corrected chi connectivity index (χ2v) is 8.60. The number of carbonyl (C=O) groups is 1. The van der Waals surface area contributed by atoms with Crippen LogP contribution < -0.4 is 0 Å². The number of rotatable bonds is 4. The number of likely N-dealkylation sites (tertiary alicyclic amines) is 1. The highest BCUT2D eigenvalue weighted by atomic mass is 32.2. The number of H-pyrrole nitrogens is 1. The van der Waals surface area contributed by atoms with Gasteiger partial charge in [-0.2, -0.15) is 5.10 Å². The number of nitrogens with one attached hydrogen (secondary N) is 1. The minimum Gasteiger partial charge on any atom is -0.391 e. The number of aliphatic hydroxyl groups is 1. The fraction of sp³-hybridized carbons (Fsp3) is 0.412. The van der Waals surface area contributed by atoms with E-state index in [1.54, 1.807) is 17.0 Å². The molecule has 0 aliphatic carbocycles. The normalized spacial score (nSPS) is 20.8. The summed E-state index contributed by atoms with van der Waals surface area (Å²) in [6, 6.07) is 7.92. The van der Waals surface area contributed by atoms with Gasteiger partial charge < -0.3 is 10.0 Å². The number of carbonyl (C=O) groups excluding carboxylic acids is 1. The average Bonchev–Trinajstić information content (AvgIpc) is 3.12. The van der Waals surface area contributed by atoms with Crippen LogP contribution in [0.1, 0.15) is 21.7 Å². The number of amides is 1. The minimum atomic E-state index is -3.37. The lowest BCUT2D eigenvalue weighted by molar-refractivity contribution is 0.0764. The highest BCUT2D eigenvalue weighted by Crippen LogP contribution is 2.23. The van der Waals surface area contributed by atoms with Crippen molar-refractivity contribution in [2.24, 2.45) is 5.92 Å². The zero-order valence-electron chi connectivity index (χ0n) is 14.1. The summed E-state index contributed by atoms with van der Waals surface area (Å²) in [5.74, 6) is -0.366. The van der Waals surface area contributed by atoms with Crippen LogP contribution in [0, 0.1) is 12.8 Å². The number of benzene rings is 1. The van der Waals surface area contributed by atoms with E-state index in [-0.39, 0.29) is 23.3 Å². The van der Waals surface area contributed by atoms with E-state index >= 15 is 0 Å². The van der Waals surface area contributed by atoms with Crippen molar-refractivity contribution in [3.8, 4) is 0 Å². The second kappa shape index (κ2) is 6.61. The zero-order valence-corrected chi connectivity index (χ0v) is 15.0. The third-order valence-corrected chi connectivity index (χ3v) is 5.54. The topological polar surface area (TPSA) is 103 Å². The Morgan fingerprint density at radius 3 is 2.76 bits per heavy atom. The number of hydrogen-bond donors (Lipinski definition) is 2. The van der Waals surface area contributed by atoms with Crippen LogP contribution in [0.4, 0.5) is 0 Å². The van der Waals surface area contributed by atoms with Crippen molar-refractivity contribution in [1.29, 1.82) is 0 Å². The molecular formula is C17H21N3O4S. The predicted octanol–water partition coefficient (Wildman–Crippen LogP) is 0.797. The minimum absolute atomic E-state index is 0.0928. The molecule has 3 rings (SSSR count). The molecule has 2 atom stereocenters. The fourth-order valence-corrected chi connectivity index (χ4v) is 3.78. The van der Waals surface area contributed by atoms with Crippen molar-refractivity contribution in [2.45, 2.75) is 24.3 Å². The SMILES string of the molecule is Cc1cc(C[C@@H]2CN(C(=O)c3cccc(S(C)(=O)=O)c3)C[C@H]2O)n[nH]1. The van der Waals surface area contributed by atoms with Crippen molar-refractivity contribution in [3.05, 3.63) is 47.3 Å². The molecule has 1 aliphatic rings. The largest absolute Gasteiger partial charge is 0.391 e. The molecule has 0 unspecified atom stereocenters. The first-order valence-electron chi connectivity index (χ1n) is 8.02. The smallest absolute Gasteiger partial charge is 0.253 e. The molecule has 1 aliphatic heterocycles. The molecule has 2 N–H and O–H groups in total. The molecule has 134 valence electrons. The summed E-state index contributed by atoms with van der Waals surface area (Å²) < 4.78 is 23.3. The lowest BCUT2D eigenvalue weighted by Gasteiger charge is -2.16. The fourth-order valence-electron chi connectivity index (χ4n) is 3.11.